The predicted molar refractivity (Wildman–Crippen MR) is 85.3 cm³/mol. The van der Waals surface area contributed by atoms with Gasteiger partial charge in [-0.05, 0) is 19.3 Å². The lowest BCUT2D eigenvalue weighted by Gasteiger charge is -2.41. The first-order chi connectivity index (χ1) is 8.83. The maximum absolute atomic E-state index is 2.33. The SMILES string of the molecule is CCCCCCCC[N+]1(CCCC)CCSCC1. The maximum atomic E-state index is 2.33. The van der Waals surface area contributed by atoms with Crippen LogP contribution in [0.5, 0.6) is 0 Å². The van der Waals surface area contributed by atoms with Crippen LogP contribution in [0.15, 0.2) is 0 Å². The molecule has 1 aliphatic rings. The normalized spacial score (nSPS) is 19.0. The third-order valence-corrected chi connectivity index (χ3v) is 5.33. The molecule has 18 heavy (non-hydrogen) atoms. The Kier molecular flexibility index (Phi) is 9.22. The molecule has 0 aromatic rings. The molecule has 0 aliphatic carbocycles. The third-order valence-electron chi connectivity index (χ3n) is 4.39. The van der Waals surface area contributed by atoms with Crippen molar-refractivity contribution in [2.75, 3.05) is 37.7 Å². The van der Waals surface area contributed by atoms with Crippen LogP contribution in [0.4, 0.5) is 0 Å². The zero-order valence-corrected chi connectivity index (χ0v) is 13.6. The fourth-order valence-corrected chi connectivity index (χ4v) is 4.25. The molecular weight excluding hydrogens is 238 g/mol. The molecule has 1 nitrogen and oxygen atoms in total. The quantitative estimate of drug-likeness (QED) is 0.410. The number of quaternary nitrogens is 1. The van der Waals surface area contributed by atoms with E-state index in [2.05, 4.69) is 25.6 Å². The molecule has 0 bridgehead atoms. The minimum absolute atomic E-state index is 1.36. The van der Waals surface area contributed by atoms with E-state index in [0.29, 0.717) is 0 Å². The van der Waals surface area contributed by atoms with Crippen LogP contribution in [-0.2, 0) is 0 Å². The van der Waals surface area contributed by atoms with Gasteiger partial charge in [0.15, 0.2) is 0 Å². The maximum Gasteiger partial charge on any atom is 0.0878 e. The van der Waals surface area contributed by atoms with Crippen LogP contribution >= 0.6 is 11.8 Å². The molecule has 108 valence electrons. The molecule has 1 aliphatic heterocycles. The molecule has 0 radical (unpaired) electrons. The van der Waals surface area contributed by atoms with Crippen molar-refractivity contribution in [3.05, 3.63) is 0 Å². The van der Waals surface area contributed by atoms with Gasteiger partial charge in [-0.15, -0.1) is 0 Å². The molecule has 0 saturated carbocycles. The van der Waals surface area contributed by atoms with Crippen molar-refractivity contribution >= 4 is 11.8 Å². The van der Waals surface area contributed by atoms with Gasteiger partial charge in [0.05, 0.1) is 26.2 Å². The smallest absolute Gasteiger partial charge is 0.0878 e. The van der Waals surface area contributed by atoms with Gasteiger partial charge in [0.25, 0.3) is 0 Å². The molecule has 1 fully saturated rings. The largest absolute Gasteiger partial charge is 0.322 e. The summed E-state index contributed by atoms with van der Waals surface area (Å²) >= 11 is 2.17. The average molecular weight is 273 g/mol. The lowest BCUT2D eigenvalue weighted by Crippen LogP contribution is -2.54. The summed E-state index contributed by atoms with van der Waals surface area (Å²) in [5.74, 6) is 2.80. The lowest BCUT2D eigenvalue weighted by atomic mass is 10.1. The van der Waals surface area contributed by atoms with E-state index in [9.17, 15) is 0 Å². The summed E-state index contributed by atoms with van der Waals surface area (Å²) in [6, 6.07) is 0. The molecule has 0 spiro atoms. The van der Waals surface area contributed by atoms with Gasteiger partial charge in [-0.2, -0.15) is 11.8 Å². The Bertz CT molecular complexity index is 188. The first kappa shape index (κ1) is 16.4. The molecule has 0 aromatic carbocycles. The Hall–Kier alpha value is 0.310. The van der Waals surface area contributed by atoms with E-state index < -0.39 is 0 Å². The zero-order chi connectivity index (χ0) is 13.1. The highest BCUT2D eigenvalue weighted by molar-refractivity contribution is 7.99. The van der Waals surface area contributed by atoms with Gasteiger partial charge < -0.3 is 4.48 Å². The highest BCUT2D eigenvalue weighted by atomic mass is 32.2. The molecule has 1 heterocycles. The molecule has 0 unspecified atom stereocenters. The molecule has 0 N–H and O–H groups in total. The van der Waals surface area contributed by atoms with Crippen LogP contribution in [0.2, 0.25) is 0 Å². The first-order valence-corrected chi connectivity index (χ1v) is 9.41. The fourth-order valence-electron chi connectivity index (χ4n) is 3.01. The highest BCUT2D eigenvalue weighted by Gasteiger charge is 2.28. The van der Waals surface area contributed by atoms with Gasteiger partial charge in [0, 0.05) is 11.5 Å². The molecule has 0 aromatic heterocycles. The van der Waals surface area contributed by atoms with Gasteiger partial charge in [-0.3, -0.25) is 0 Å². The van der Waals surface area contributed by atoms with Crippen LogP contribution in [0.1, 0.15) is 65.2 Å². The number of hydrogen-bond donors (Lipinski definition) is 0. The summed E-state index contributed by atoms with van der Waals surface area (Å²) in [6.07, 6.45) is 11.5. The summed E-state index contributed by atoms with van der Waals surface area (Å²) in [7, 11) is 0. The van der Waals surface area contributed by atoms with Crippen molar-refractivity contribution in [3.63, 3.8) is 0 Å². The van der Waals surface area contributed by atoms with E-state index in [4.69, 9.17) is 0 Å². The molecule has 1 saturated heterocycles. The van der Waals surface area contributed by atoms with E-state index in [1.54, 1.807) is 0 Å². The number of unbranched alkanes of at least 4 members (excludes halogenated alkanes) is 6. The zero-order valence-electron chi connectivity index (χ0n) is 12.8. The van der Waals surface area contributed by atoms with Crippen LogP contribution in [0.25, 0.3) is 0 Å². The number of thioether (sulfide) groups is 1. The second kappa shape index (κ2) is 10.1. The minimum Gasteiger partial charge on any atom is -0.322 e. The average Bonchev–Trinajstić information content (AvgIpc) is 2.42. The van der Waals surface area contributed by atoms with Crippen molar-refractivity contribution in [1.82, 2.24) is 0 Å². The van der Waals surface area contributed by atoms with Crippen molar-refractivity contribution < 1.29 is 4.48 Å². The summed E-state index contributed by atoms with van der Waals surface area (Å²) in [5, 5.41) is 0. The Morgan fingerprint density at radius 1 is 0.722 bits per heavy atom. The lowest BCUT2D eigenvalue weighted by molar-refractivity contribution is -0.925. The number of nitrogens with zero attached hydrogens (tertiary/aromatic N) is 1. The van der Waals surface area contributed by atoms with Gasteiger partial charge in [0.2, 0.25) is 0 Å². The van der Waals surface area contributed by atoms with E-state index in [0.717, 1.165) is 0 Å². The van der Waals surface area contributed by atoms with Crippen LogP contribution in [0.3, 0.4) is 0 Å². The second-order valence-electron chi connectivity index (χ2n) is 5.97. The van der Waals surface area contributed by atoms with E-state index in [1.807, 2.05) is 0 Å². The van der Waals surface area contributed by atoms with Crippen LogP contribution in [-0.4, -0.2) is 42.2 Å². The predicted octanol–water partition coefficient (Wildman–Crippen LogP) is 4.71. The monoisotopic (exact) mass is 272 g/mol. The number of rotatable bonds is 10. The Morgan fingerprint density at radius 3 is 1.94 bits per heavy atom. The topological polar surface area (TPSA) is 0 Å². The summed E-state index contributed by atoms with van der Waals surface area (Å²) in [6.45, 7) is 10.4. The first-order valence-electron chi connectivity index (χ1n) is 8.26. The van der Waals surface area contributed by atoms with Crippen molar-refractivity contribution in [2.24, 2.45) is 0 Å². The van der Waals surface area contributed by atoms with Gasteiger partial charge >= 0.3 is 0 Å². The van der Waals surface area contributed by atoms with Gasteiger partial charge in [-0.25, -0.2) is 0 Å². The van der Waals surface area contributed by atoms with E-state index >= 15 is 0 Å². The van der Waals surface area contributed by atoms with E-state index in [1.165, 1.54) is 93.5 Å². The van der Waals surface area contributed by atoms with Gasteiger partial charge in [0.1, 0.15) is 0 Å². The molecule has 2 heteroatoms. The summed E-state index contributed by atoms with van der Waals surface area (Å²) < 4.78 is 1.45. The summed E-state index contributed by atoms with van der Waals surface area (Å²) in [5.41, 5.74) is 0. The second-order valence-corrected chi connectivity index (χ2v) is 7.19. The fraction of sp³-hybridized carbons (Fsp3) is 1.00. The van der Waals surface area contributed by atoms with Crippen molar-refractivity contribution in [1.29, 1.82) is 0 Å². The molecule has 0 amide bonds. The third kappa shape index (κ3) is 6.47. The van der Waals surface area contributed by atoms with Crippen molar-refractivity contribution in [3.8, 4) is 0 Å². The Balaban J connectivity index is 2.19. The van der Waals surface area contributed by atoms with Crippen molar-refractivity contribution in [2.45, 2.75) is 65.2 Å². The minimum atomic E-state index is 1.36. The Labute approximate surface area is 119 Å². The molecular formula is C16H34NS+. The molecule has 1 rings (SSSR count). The van der Waals surface area contributed by atoms with Crippen LogP contribution < -0.4 is 0 Å². The standard InChI is InChI=1S/C16H34NS/c1-3-5-7-8-9-10-12-17(11-6-4-2)13-15-18-16-14-17/h3-16H2,1-2H3/q+1. The van der Waals surface area contributed by atoms with Gasteiger partial charge in [-0.1, -0.05) is 46.0 Å². The highest BCUT2D eigenvalue weighted by Crippen LogP contribution is 2.21. The molecule has 0 atom stereocenters. The summed E-state index contributed by atoms with van der Waals surface area (Å²) in [4.78, 5) is 0. The Morgan fingerprint density at radius 2 is 1.28 bits per heavy atom. The number of hydrogen-bond acceptors (Lipinski definition) is 1. The van der Waals surface area contributed by atoms with Crippen LogP contribution in [0, 0.1) is 0 Å². The van der Waals surface area contributed by atoms with E-state index in [-0.39, 0.29) is 0 Å².